The first-order valence-electron chi connectivity index (χ1n) is 6.22. The molecule has 0 aliphatic heterocycles. The number of esters is 1. The van der Waals surface area contributed by atoms with E-state index in [-0.39, 0.29) is 18.1 Å². The van der Waals surface area contributed by atoms with E-state index in [1.165, 1.54) is 26.5 Å². The van der Waals surface area contributed by atoms with Gasteiger partial charge in [-0.1, -0.05) is 30.3 Å². The van der Waals surface area contributed by atoms with Crippen LogP contribution in [0, 0.1) is 5.21 Å². The molecule has 2 rings (SSSR count). The summed E-state index contributed by atoms with van der Waals surface area (Å²) < 4.78 is 15.8. The first-order chi connectivity index (χ1) is 10.2. The first kappa shape index (κ1) is 14.6. The third kappa shape index (κ3) is 3.22. The van der Waals surface area contributed by atoms with Gasteiger partial charge in [0.25, 0.3) is 0 Å². The molecule has 0 amide bonds. The lowest BCUT2D eigenvalue weighted by Crippen LogP contribution is -2.35. The van der Waals surface area contributed by atoms with Gasteiger partial charge >= 0.3 is 11.7 Å². The molecular weight excluding hydrogens is 274 g/mol. The molecule has 0 atom stereocenters. The van der Waals surface area contributed by atoms with Gasteiger partial charge in [0.05, 0.1) is 14.2 Å². The lowest BCUT2D eigenvalue weighted by Gasteiger charge is -2.13. The van der Waals surface area contributed by atoms with Crippen molar-refractivity contribution < 1.29 is 23.7 Å². The highest BCUT2D eigenvalue weighted by molar-refractivity contribution is 5.89. The van der Waals surface area contributed by atoms with E-state index in [2.05, 4.69) is 4.74 Å². The van der Waals surface area contributed by atoms with Gasteiger partial charge in [0, 0.05) is 6.07 Å². The number of nitrogens with zero attached hydrogens (tertiary/aromatic N) is 1. The van der Waals surface area contributed by atoms with Crippen LogP contribution in [-0.4, -0.2) is 20.2 Å². The van der Waals surface area contributed by atoms with Crippen molar-refractivity contribution in [3.05, 3.63) is 59.1 Å². The second kappa shape index (κ2) is 6.60. The molecule has 1 aromatic carbocycles. The zero-order chi connectivity index (χ0) is 15.2. The SMILES string of the molecule is COC(=O)c1c(OCc2ccccc2)c(OC)cc[n+]1[O-]. The summed E-state index contributed by atoms with van der Waals surface area (Å²) in [6, 6.07) is 10.8. The number of rotatable bonds is 5. The van der Waals surface area contributed by atoms with Crippen molar-refractivity contribution in [3.63, 3.8) is 0 Å². The van der Waals surface area contributed by atoms with E-state index in [1.54, 1.807) is 0 Å². The topological polar surface area (TPSA) is 71.7 Å². The second-order valence-corrected chi connectivity index (χ2v) is 4.15. The minimum atomic E-state index is -0.785. The van der Waals surface area contributed by atoms with Crippen molar-refractivity contribution in [2.45, 2.75) is 6.61 Å². The molecule has 0 aliphatic carbocycles. The number of hydrogen-bond donors (Lipinski definition) is 0. The van der Waals surface area contributed by atoms with Crippen LogP contribution in [-0.2, 0) is 11.3 Å². The van der Waals surface area contributed by atoms with Gasteiger partial charge in [0.1, 0.15) is 6.61 Å². The van der Waals surface area contributed by atoms with Crippen LogP contribution in [0.1, 0.15) is 16.1 Å². The summed E-state index contributed by atoms with van der Waals surface area (Å²) in [6.07, 6.45) is 1.17. The summed E-state index contributed by atoms with van der Waals surface area (Å²) in [5.74, 6) is -0.434. The summed E-state index contributed by atoms with van der Waals surface area (Å²) in [5.41, 5.74) is 0.657. The Kier molecular flexibility index (Phi) is 4.61. The third-order valence-corrected chi connectivity index (χ3v) is 2.85. The Morgan fingerprint density at radius 2 is 1.90 bits per heavy atom. The lowest BCUT2D eigenvalue weighted by atomic mass is 10.2. The van der Waals surface area contributed by atoms with Crippen LogP contribution in [0.2, 0.25) is 0 Å². The third-order valence-electron chi connectivity index (χ3n) is 2.85. The Morgan fingerprint density at radius 1 is 1.19 bits per heavy atom. The summed E-state index contributed by atoms with van der Waals surface area (Å²) in [4.78, 5) is 11.8. The smallest absolute Gasteiger partial charge is 0.409 e. The predicted octanol–water partition coefficient (Wildman–Crippen LogP) is 1.69. The number of carbonyl (C=O) groups is 1. The number of aromatic nitrogens is 1. The van der Waals surface area contributed by atoms with Crippen LogP contribution in [0.4, 0.5) is 0 Å². The highest BCUT2D eigenvalue weighted by Gasteiger charge is 2.28. The maximum absolute atomic E-state index is 11.8. The molecule has 0 saturated heterocycles. The maximum atomic E-state index is 11.8. The highest BCUT2D eigenvalue weighted by atomic mass is 16.5. The van der Waals surface area contributed by atoms with Gasteiger partial charge in [-0.05, 0) is 5.56 Å². The van der Waals surface area contributed by atoms with E-state index < -0.39 is 5.97 Å². The van der Waals surface area contributed by atoms with Crippen LogP contribution in [0.5, 0.6) is 11.5 Å². The lowest BCUT2D eigenvalue weighted by molar-refractivity contribution is -0.608. The Labute approximate surface area is 122 Å². The van der Waals surface area contributed by atoms with Gasteiger partial charge in [-0.15, -0.1) is 0 Å². The fraction of sp³-hybridized carbons (Fsp3) is 0.200. The standard InChI is InChI=1S/C15H15NO5/c1-19-12-8-9-16(18)13(15(17)20-2)14(12)21-10-11-6-4-3-5-7-11/h3-9H,10H2,1-2H3. The van der Waals surface area contributed by atoms with Gasteiger partial charge in [0.2, 0.25) is 5.75 Å². The van der Waals surface area contributed by atoms with E-state index in [9.17, 15) is 10.0 Å². The highest BCUT2D eigenvalue weighted by Crippen LogP contribution is 2.29. The van der Waals surface area contributed by atoms with E-state index in [0.717, 1.165) is 5.56 Å². The number of hydrogen-bond acceptors (Lipinski definition) is 5. The number of carbonyl (C=O) groups excluding carboxylic acids is 1. The number of ether oxygens (including phenoxy) is 3. The van der Waals surface area contributed by atoms with Crippen molar-refractivity contribution in [2.75, 3.05) is 14.2 Å². The van der Waals surface area contributed by atoms with E-state index in [4.69, 9.17) is 9.47 Å². The normalized spacial score (nSPS) is 10.0. The molecule has 0 saturated carbocycles. The zero-order valence-corrected chi connectivity index (χ0v) is 11.7. The number of benzene rings is 1. The largest absolute Gasteiger partial charge is 0.618 e. The molecule has 6 heteroatoms. The molecule has 1 aromatic heterocycles. The summed E-state index contributed by atoms with van der Waals surface area (Å²) in [6.45, 7) is 0.200. The average Bonchev–Trinajstić information content (AvgIpc) is 2.53. The minimum Gasteiger partial charge on any atom is -0.618 e. The molecule has 110 valence electrons. The summed E-state index contributed by atoms with van der Waals surface area (Å²) >= 11 is 0. The van der Waals surface area contributed by atoms with E-state index in [1.807, 2.05) is 30.3 Å². The van der Waals surface area contributed by atoms with Crippen LogP contribution in [0.25, 0.3) is 0 Å². The quantitative estimate of drug-likeness (QED) is 0.476. The molecule has 1 heterocycles. The van der Waals surface area contributed by atoms with Gasteiger partial charge < -0.3 is 19.4 Å². The van der Waals surface area contributed by atoms with E-state index >= 15 is 0 Å². The molecule has 0 unspecified atom stereocenters. The number of pyridine rings is 1. The van der Waals surface area contributed by atoms with Crippen LogP contribution in [0.3, 0.4) is 0 Å². The van der Waals surface area contributed by atoms with Crippen molar-refractivity contribution in [1.82, 2.24) is 0 Å². The minimum absolute atomic E-state index is 0.0608. The van der Waals surface area contributed by atoms with Crippen LogP contribution >= 0.6 is 0 Å². The monoisotopic (exact) mass is 289 g/mol. The Hall–Kier alpha value is -2.76. The second-order valence-electron chi connectivity index (χ2n) is 4.15. The molecule has 21 heavy (non-hydrogen) atoms. The number of methoxy groups -OCH3 is 2. The molecule has 0 bridgehead atoms. The van der Waals surface area contributed by atoms with Crippen LogP contribution < -0.4 is 14.2 Å². The molecule has 0 aliphatic rings. The fourth-order valence-electron chi connectivity index (χ4n) is 1.81. The molecular formula is C15H15NO5. The first-order valence-corrected chi connectivity index (χ1v) is 6.22. The molecule has 0 spiro atoms. The van der Waals surface area contributed by atoms with Gasteiger partial charge in [0.15, 0.2) is 11.9 Å². The Morgan fingerprint density at radius 3 is 2.52 bits per heavy atom. The van der Waals surface area contributed by atoms with Crippen molar-refractivity contribution in [1.29, 1.82) is 0 Å². The molecule has 6 nitrogen and oxygen atoms in total. The zero-order valence-electron chi connectivity index (χ0n) is 11.7. The van der Waals surface area contributed by atoms with E-state index in [0.29, 0.717) is 10.5 Å². The molecule has 0 fully saturated rings. The van der Waals surface area contributed by atoms with Gasteiger partial charge in [-0.2, -0.15) is 4.73 Å². The maximum Gasteiger partial charge on any atom is 0.409 e. The summed E-state index contributed by atoms with van der Waals surface area (Å²) in [7, 11) is 2.63. The predicted molar refractivity (Wildman–Crippen MR) is 74.1 cm³/mol. The Balaban J connectivity index is 2.35. The molecule has 2 aromatic rings. The van der Waals surface area contributed by atoms with Crippen LogP contribution in [0.15, 0.2) is 42.6 Å². The van der Waals surface area contributed by atoms with Gasteiger partial charge in [-0.3, -0.25) is 0 Å². The molecule has 0 N–H and O–H groups in total. The van der Waals surface area contributed by atoms with Crippen molar-refractivity contribution in [3.8, 4) is 11.5 Å². The molecule has 0 radical (unpaired) electrons. The fourth-order valence-corrected chi connectivity index (χ4v) is 1.81. The average molecular weight is 289 g/mol. The van der Waals surface area contributed by atoms with Crippen molar-refractivity contribution in [2.24, 2.45) is 0 Å². The van der Waals surface area contributed by atoms with Crippen molar-refractivity contribution >= 4 is 5.97 Å². The summed E-state index contributed by atoms with van der Waals surface area (Å²) in [5, 5.41) is 11.8. The Bertz CT molecular complexity index is 627. The van der Waals surface area contributed by atoms with Gasteiger partial charge in [-0.25, -0.2) is 4.79 Å².